The Hall–Kier alpha value is -1.13. The summed E-state index contributed by atoms with van der Waals surface area (Å²) < 4.78 is 0. The van der Waals surface area contributed by atoms with E-state index in [4.69, 9.17) is 0 Å². The van der Waals surface area contributed by atoms with Gasteiger partial charge in [-0.25, -0.2) is 0 Å². The Kier molecular flexibility index (Phi) is 3.74. The smallest absolute Gasteiger partial charge is 0.00169 e. The number of aryl methyl sites for hydroxylation is 1. The maximum absolute atomic E-state index is 2.85. The first kappa shape index (κ1) is 11.4. The van der Waals surface area contributed by atoms with Gasteiger partial charge in [0.05, 0.1) is 0 Å². The number of benzene rings is 2. The molecule has 1 atom stereocenters. The van der Waals surface area contributed by atoms with Gasteiger partial charge in [-0.2, -0.15) is 0 Å². The molecular formula is C15H17P. The van der Waals surface area contributed by atoms with Crippen LogP contribution in [-0.4, -0.2) is 0 Å². The average molecular weight is 228 g/mol. The fourth-order valence-electron chi connectivity index (χ4n) is 2.00. The van der Waals surface area contributed by atoms with E-state index in [1.54, 1.807) is 0 Å². The van der Waals surface area contributed by atoms with Crippen LogP contribution >= 0.6 is 9.24 Å². The summed E-state index contributed by atoms with van der Waals surface area (Å²) in [5.74, 6) is 0. The summed E-state index contributed by atoms with van der Waals surface area (Å²) >= 11 is 0. The molecule has 0 aliphatic rings. The van der Waals surface area contributed by atoms with Crippen LogP contribution < -0.4 is 5.30 Å². The van der Waals surface area contributed by atoms with Gasteiger partial charge < -0.3 is 0 Å². The van der Waals surface area contributed by atoms with E-state index in [2.05, 4.69) is 64.7 Å². The Labute approximate surface area is 99.9 Å². The van der Waals surface area contributed by atoms with E-state index in [-0.39, 0.29) is 0 Å². The quantitative estimate of drug-likeness (QED) is 0.707. The zero-order valence-electron chi connectivity index (χ0n) is 9.61. The van der Waals surface area contributed by atoms with Gasteiger partial charge in [0.15, 0.2) is 0 Å². The third kappa shape index (κ3) is 2.51. The molecule has 0 aliphatic carbocycles. The van der Waals surface area contributed by atoms with Gasteiger partial charge in [-0.1, -0.05) is 55.5 Å². The topological polar surface area (TPSA) is 0 Å². The molecule has 2 aromatic carbocycles. The van der Waals surface area contributed by atoms with E-state index in [0.717, 1.165) is 12.8 Å². The lowest BCUT2D eigenvalue weighted by molar-refractivity contribution is 1.07. The second-order valence-corrected chi connectivity index (χ2v) is 4.62. The minimum atomic E-state index is 1.03. The number of hydrogen-bond donors (Lipinski definition) is 0. The largest absolute Gasteiger partial charge is 0.105 e. The molecule has 0 N–H and O–H groups in total. The van der Waals surface area contributed by atoms with Crippen LogP contribution in [0.5, 0.6) is 0 Å². The van der Waals surface area contributed by atoms with Crippen molar-refractivity contribution in [1.29, 1.82) is 0 Å². The minimum absolute atomic E-state index is 1.03. The van der Waals surface area contributed by atoms with E-state index in [1.165, 1.54) is 22.0 Å². The fraction of sp³-hybridized carbons (Fsp3) is 0.200. The molecule has 1 heteroatoms. The number of rotatable bonds is 3. The van der Waals surface area contributed by atoms with Gasteiger partial charge in [0.25, 0.3) is 0 Å². The predicted octanol–water partition coefficient (Wildman–Crippen LogP) is 3.34. The van der Waals surface area contributed by atoms with E-state index in [9.17, 15) is 0 Å². The maximum Gasteiger partial charge on any atom is -0.00169 e. The lowest BCUT2D eigenvalue weighted by Crippen LogP contribution is -2.06. The van der Waals surface area contributed by atoms with Crippen LogP contribution in [0.15, 0.2) is 48.5 Å². The minimum Gasteiger partial charge on any atom is -0.105 e. The highest BCUT2D eigenvalue weighted by Crippen LogP contribution is 2.15. The van der Waals surface area contributed by atoms with Gasteiger partial charge in [-0.3, -0.25) is 0 Å². The molecule has 0 saturated carbocycles. The van der Waals surface area contributed by atoms with Gasteiger partial charge in [0, 0.05) is 0 Å². The van der Waals surface area contributed by atoms with Crippen molar-refractivity contribution in [1.82, 2.24) is 0 Å². The molecular weight excluding hydrogens is 211 g/mol. The molecule has 0 saturated heterocycles. The lowest BCUT2D eigenvalue weighted by Gasteiger charge is -2.11. The predicted molar refractivity (Wildman–Crippen MR) is 74.4 cm³/mol. The zero-order valence-corrected chi connectivity index (χ0v) is 10.8. The van der Waals surface area contributed by atoms with Crippen LogP contribution in [0.3, 0.4) is 0 Å². The van der Waals surface area contributed by atoms with E-state index in [1.807, 2.05) is 0 Å². The molecule has 0 aliphatic heterocycles. The molecule has 0 heterocycles. The van der Waals surface area contributed by atoms with Crippen LogP contribution in [0.4, 0.5) is 0 Å². The third-order valence-corrected chi connectivity index (χ3v) is 3.45. The van der Waals surface area contributed by atoms with Crippen molar-refractivity contribution in [2.45, 2.75) is 19.8 Å². The van der Waals surface area contributed by atoms with Gasteiger partial charge in [-0.05, 0) is 34.8 Å². The summed E-state index contributed by atoms with van der Waals surface area (Å²) in [4.78, 5) is 0. The Morgan fingerprint density at radius 2 is 1.69 bits per heavy atom. The normalized spacial score (nSPS) is 10.4. The van der Waals surface area contributed by atoms with Crippen molar-refractivity contribution in [2.24, 2.45) is 0 Å². The van der Waals surface area contributed by atoms with Crippen molar-refractivity contribution >= 4 is 14.5 Å². The highest BCUT2D eigenvalue weighted by atomic mass is 31.0. The van der Waals surface area contributed by atoms with E-state index < -0.39 is 0 Å². The molecule has 2 aromatic rings. The average Bonchev–Trinajstić information content (AvgIpc) is 2.33. The van der Waals surface area contributed by atoms with Gasteiger partial charge >= 0.3 is 0 Å². The molecule has 0 aromatic heterocycles. The first-order chi connectivity index (χ1) is 7.81. The second-order valence-electron chi connectivity index (χ2n) is 4.00. The first-order valence-electron chi connectivity index (χ1n) is 5.71. The van der Waals surface area contributed by atoms with Crippen LogP contribution in [0.25, 0.3) is 0 Å². The van der Waals surface area contributed by atoms with Crippen LogP contribution in [0.2, 0.25) is 0 Å². The monoisotopic (exact) mass is 228 g/mol. The lowest BCUT2D eigenvalue weighted by atomic mass is 9.98. The molecule has 0 bridgehead atoms. The summed E-state index contributed by atoms with van der Waals surface area (Å²) in [6.07, 6.45) is 2.13. The van der Waals surface area contributed by atoms with E-state index >= 15 is 0 Å². The standard InChI is InChI=1S/C15H17P/c1-2-13-9-6-10-15(16)14(13)11-12-7-4-3-5-8-12/h3-10H,2,11,16H2,1H3. The molecule has 0 radical (unpaired) electrons. The Morgan fingerprint density at radius 1 is 0.938 bits per heavy atom. The molecule has 0 fully saturated rings. The summed E-state index contributed by atoms with van der Waals surface area (Å²) in [5.41, 5.74) is 4.30. The second kappa shape index (κ2) is 5.27. The summed E-state index contributed by atoms with van der Waals surface area (Å²) in [5, 5.41) is 1.32. The molecule has 0 amide bonds. The molecule has 82 valence electrons. The number of hydrogen-bond acceptors (Lipinski definition) is 0. The van der Waals surface area contributed by atoms with Crippen molar-refractivity contribution in [3.05, 3.63) is 65.2 Å². The van der Waals surface area contributed by atoms with Crippen molar-refractivity contribution in [3.8, 4) is 0 Å². The van der Waals surface area contributed by atoms with Gasteiger partial charge in [0.1, 0.15) is 0 Å². The van der Waals surface area contributed by atoms with Crippen LogP contribution in [0, 0.1) is 0 Å². The zero-order chi connectivity index (χ0) is 11.4. The maximum atomic E-state index is 2.85. The Morgan fingerprint density at radius 3 is 2.38 bits per heavy atom. The van der Waals surface area contributed by atoms with Crippen molar-refractivity contribution in [3.63, 3.8) is 0 Å². The molecule has 0 spiro atoms. The van der Waals surface area contributed by atoms with E-state index in [0.29, 0.717) is 0 Å². The summed E-state index contributed by atoms with van der Waals surface area (Å²) in [6.45, 7) is 2.22. The van der Waals surface area contributed by atoms with Gasteiger partial charge in [-0.15, -0.1) is 9.24 Å². The molecule has 0 nitrogen and oxygen atoms in total. The summed E-state index contributed by atoms with van der Waals surface area (Å²) in [6, 6.07) is 17.2. The molecule has 16 heavy (non-hydrogen) atoms. The molecule has 1 unspecified atom stereocenters. The Balaban J connectivity index is 2.34. The Bertz CT molecular complexity index is 460. The third-order valence-electron chi connectivity index (χ3n) is 2.91. The van der Waals surface area contributed by atoms with Crippen molar-refractivity contribution in [2.75, 3.05) is 0 Å². The van der Waals surface area contributed by atoms with Crippen LogP contribution in [0.1, 0.15) is 23.6 Å². The van der Waals surface area contributed by atoms with Gasteiger partial charge in [0.2, 0.25) is 0 Å². The summed E-state index contributed by atoms with van der Waals surface area (Å²) in [7, 11) is 2.85. The highest BCUT2D eigenvalue weighted by Gasteiger charge is 2.04. The molecule has 2 rings (SSSR count). The highest BCUT2D eigenvalue weighted by molar-refractivity contribution is 7.27. The van der Waals surface area contributed by atoms with Crippen molar-refractivity contribution < 1.29 is 0 Å². The first-order valence-corrected chi connectivity index (χ1v) is 6.29. The van der Waals surface area contributed by atoms with Crippen LogP contribution in [-0.2, 0) is 12.8 Å². The SMILES string of the molecule is CCc1cccc(P)c1Cc1ccccc1. The fourth-order valence-corrected chi connectivity index (χ4v) is 2.40.